The Morgan fingerprint density at radius 2 is 1.93 bits per heavy atom. The monoisotopic (exact) mass is 412 g/mol. The van der Waals surface area contributed by atoms with Crippen molar-refractivity contribution < 1.29 is 14.0 Å². The molecule has 0 amide bonds. The summed E-state index contributed by atoms with van der Waals surface area (Å²) in [6, 6.07) is 9.51. The van der Waals surface area contributed by atoms with Gasteiger partial charge < -0.3 is 14.0 Å². The molecule has 0 spiro atoms. The number of benzene rings is 1. The molecule has 1 heterocycles. The molecule has 1 saturated heterocycles. The molecule has 1 aromatic carbocycles. The molecule has 0 saturated carbocycles. The van der Waals surface area contributed by atoms with Gasteiger partial charge in [0.2, 0.25) is 0 Å². The first-order chi connectivity index (χ1) is 12.5. The van der Waals surface area contributed by atoms with Crippen molar-refractivity contribution in [3.05, 3.63) is 34.9 Å². The molecule has 2 rings (SSSR count). The minimum Gasteiger partial charge on any atom is -0.598 e. The van der Waals surface area contributed by atoms with Gasteiger partial charge in [-0.2, -0.15) is 5.26 Å². The van der Waals surface area contributed by atoms with Crippen molar-refractivity contribution in [2.24, 2.45) is 5.41 Å². The summed E-state index contributed by atoms with van der Waals surface area (Å²) in [5.41, 5.74) is 0.160. The van der Waals surface area contributed by atoms with Crippen LogP contribution in [-0.4, -0.2) is 28.6 Å². The third-order valence-corrected chi connectivity index (χ3v) is 6.59. The lowest BCUT2D eigenvalue weighted by atomic mass is 9.82. The molecule has 0 aliphatic carbocycles. The molecule has 1 aliphatic heterocycles. The maximum Gasteiger partial charge on any atom is 0.195 e. The van der Waals surface area contributed by atoms with Gasteiger partial charge in [0.25, 0.3) is 0 Å². The lowest BCUT2D eigenvalue weighted by molar-refractivity contribution is -0.173. The van der Waals surface area contributed by atoms with Crippen LogP contribution < -0.4 is 4.72 Å². The first-order valence-electron chi connectivity index (χ1n) is 9.13. The minimum atomic E-state index is -1.28. The van der Waals surface area contributed by atoms with Gasteiger partial charge in [0.15, 0.2) is 5.79 Å². The van der Waals surface area contributed by atoms with Crippen molar-refractivity contribution in [3.63, 3.8) is 0 Å². The van der Waals surface area contributed by atoms with Crippen molar-refractivity contribution >= 4 is 23.0 Å². The fourth-order valence-electron chi connectivity index (χ4n) is 2.92. The highest BCUT2D eigenvalue weighted by atomic mass is 35.5. The first-order valence-corrected chi connectivity index (χ1v) is 10.7. The SMILES string of the molecule is CC(C)(C#N)C(CCC1(c2cccc(Cl)c2)OCCO1)N[S@+]([O-])C(C)(C)C. The van der Waals surface area contributed by atoms with Gasteiger partial charge in [-0.3, -0.25) is 0 Å². The van der Waals surface area contributed by atoms with Gasteiger partial charge in [-0.05, 0) is 53.2 Å². The van der Waals surface area contributed by atoms with E-state index in [0.717, 1.165) is 5.56 Å². The lowest BCUT2D eigenvalue weighted by Crippen LogP contribution is -2.50. The molecule has 1 aliphatic rings. The number of hydrogen-bond acceptors (Lipinski definition) is 5. The Kier molecular flexibility index (Phi) is 7.23. The topological polar surface area (TPSA) is 77.3 Å². The van der Waals surface area contributed by atoms with Gasteiger partial charge in [-0.25, -0.2) is 0 Å². The molecule has 1 N–H and O–H groups in total. The summed E-state index contributed by atoms with van der Waals surface area (Å²) in [7, 11) is 0. The quantitative estimate of drug-likeness (QED) is 0.676. The molecule has 1 fully saturated rings. The third-order valence-electron chi connectivity index (χ3n) is 4.75. The second-order valence-corrected chi connectivity index (χ2v) is 10.8. The number of ether oxygens (including phenoxy) is 2. The van der Waals surface area contributed by atoms with E-state index >= 15 is 0 Å². The Balaban J connectivity index is 2.22. The van der Waals surface area contributed by atoms with Crippen LogP contribution in [0.1, 0.15) is 53.0 Å². The van der Waals surface area contributed by atoms with Gasteiger partial charge in [-0.1, -0.05) is 23.7 Å². The average Bonchev–Trinajstić information content (AvgIpc) is 3.07. The number of hydrogen-bond donors (Lipinski definition) is 1. The largest absolute Gasteiger partial charge is 0.598 e. The van der Waals surface area contributed by atoms with Crippen LogP contribution in [0.15, 0.2) is 24.3 Å². The van der Waals surface area contributed by atoms with Crippen molar-refractivity contribution in [3.8, 4) is 6.07 Å². The molecule has 27 heavy (non-hydrogen) atoms. The predicted molar refractivity (Wildman–Crippen MR) is 108 cm³/mol. The highest BCUT2D eigenvalue weighted by Crippen LogP contribution is 2.39. The summed E-state index contributed by atoms with van der Waals surface area (Å²) in [5, 5.41) is 10.2. The van der Waals surface area contributed by atoms with Crippen molar-refractivity contribution in [1.29, 1.82) is 5.26 Å². The number of halogens is 1. The van der Waals surface area contributed by atoms with Gasteiger partial charge in [0.1, 0.15) is 4.75 Å². The first kappa shape index (κ1) is 22.5. The zero-order valence-corrected chi connectivity index (χ0v) is 18.2. The van der Waals surface area contributed by atoms with Crippen LogP contribution in [0.4, 0.5) is 0 Å². The molecule has 150 valence electrons. The van der Waals surface area contributed by atoms with E-state index < -0.39 is 27.3 Å². The van der Waals surface area contributed by atoms with E-state index in [2.05, 4.69) is 10.8 Å². The number of nitrogens with zero attached hydrogens (tertiary/aromatic N) is 1. The Bertz CT molecular complexity index is 679. The van der Waals surface area contributed by atoms with Crippen molar-refractivity contribution in [2.45, 2.75) is 64.0 Å². The summed E-state index contributed by atoms with van der Waals surface area (Å²) >= 11 is 4.87. The van der Waals surface area contributed by atoms with Crippen LogP contribution in [0.2, 0.25) is 5.02 Å². The van der Waals surface area contributed by atoms with E-state index in [1.807, 2.05) is 58.9 Å². The van der Waals surface area contributed by atoms with Crippen LogP contribution in [0, 0.1) is 16.7 Å². The van der Waals surface area contributed by atoms with Gasteiger partial charge in [0, 0.05) is 28.4 Å². The molecule has 5 nitrogen and oxygen atoms in total. The Morgan fingerprint density at radius 1 is 1.30 bits per heavy atom. The van der Waals surface area contributed by atoms with E-state index in [-0.39, 0.29) is 6.04 Å². The fourth-order valence-corrected chi connectivity index (χ4v) is 4.14. The second kappa shape index (κ2) is 8.69. The number of nitriles is 1. The zero-order valence-electron chi connectivity index (χ0n) is 16.7. The highest BCUT2D eigenvalue weighted by molar-refractivity contribution is 7.90. The fraction of sp³-hybridized carbons (Fsp3) is 0.650. The van der Waals surface area contributed by atoms with E-state index in [1.165, 1.54) is 0 Å². The van der Waals surface area contributed by atoms with Crippen LogP contribution in [0.3, 0.4) is 0 Å². The smallest absolute Gasteiger partial charge is 0.195 e. The predicted octanol–water partition coefficient (Wildman–Crippen LogP) is 4.29. The molecule has 7 heteroatoms. The molecular formula is C20H29ClN2O3S. The van der Waals surface area contributed by atoms with Crippen molar-refractivity contribution in [2.75, 3.05) is 13.2 Å². The molecule has 0 radical (unpaired) electrons. The molecule has 1 unspecified atom stereocenters. The second-order valence-electron chi connectivity index (χ2n) is 8.38. The van der Waals surface area contributed by atoms with Crippen LogP contribution in [0.5, 0.6) is 0 Å². The third kappa shape index (κ3) is 5.60. The van der Waals surface area contributed by atoms with E-state index in [4.69, 9.17) is 21.1 Å². The molecule has 0 aromatic heterocycles. The summed E-state index contributed by atoms with van der Waals surface area (Å²) in [6.45, 7) is 10.4. The number of rotatable bonds is 7. The Hall–Kier alpha value is -0.810. The molecule has 0 bridgehead atoms. The van der Waals surface area contributed by atoms with Crippen LogP contribution in [0.25, 0.3) is 0 Å². The van der Waals surface area contributed by atoms with E-state index in [0.29, 0.717) is 31.1 Å². The maximum absolute atomic E-state index is 12.6. The molecule has 1 aromatic rings. The van der Waals surface area contributed by atoms with Crippen molar-refractivity contribution in [1.82, 2.24) is 4.72 Å². The lowest BCUT2D eigenvalue weighted by Gasteiger charge is -2.35. The standard InChI is InChI=1S/C20H29ClN2O3S/c1-18(2,3)27(24)23-17(19(4,5)14-22)9-10-20(25-11-12-26-20)15-7-6-8-16(21)13-15/h6-8,13,17,23H,9-12H2,1-5H3/t17?,27-/m1/s1. The summed E-state index contributed by atoms with van der Waals surface area (Å²) in [5.74, 6) is -0.889. The zero-order chi connectivity index (χ0) is 20.3. The Labute approximate surface area is 170 Å². The molecular weight excluding hydrogens is 384 g/mol. The highest BCUT2D eigenvalue weighted by Gasteiger charge is 2.43. The number of nitrogens with one attached hydrogen (secondary N) is 1. The van der Waals surface area contributed by atoms with Gasteiger partial charge in [0.05, 0.1) is 30.7 Å². The summed E-state index contributed by atoms with van der Waals surface area (Å²) in [6.07, 6.45) is 1.09. The maximum atomic E-state index is 12.6. The van der Waals surface area contributed by atoms with E-state index in [9.17, 15) is 9.81 Å². The average molecular weight is 413 g/mol. The van der Waals surface area contributed by atoms with E-state index in [1.54, 1.807) is 0 Å². The minimum absolute atomic E-state index is 0.286. The Morgan fingerprint density at radius 3 is 2.44 bits per heavy atom. The van der Waals surface area contributed by atoms with Gasteiger partial charge >= 0.3 is 0 Å². The van der Waals surface area contributed by atoms with Gasteiger partial charge in [-0.15, -0.1) is 4.72 Å². The normalized spacial score (nSPS) is 19.5. The summed E-state index contributed by atoms with van der Waals surface area (Å²) in [4.78, 5) is 0. The van der Waals surface area contributed by atoms with Crippen LogP contribution >= 0.6 is 11.6 Å². The summed E-state index contributed by atoms with van der Waals surface area (Å²) < 4.78 is 27.3. The van der Waals surface area contributed by atoms with Crippen LogP contribution in [-0.2, 0) is 26.6 Å². The molecule has 2 atom stereocenters.